The number of hydrogen-bond donors (Lipinski definition) is 2. The summed E-state index contributed by atoms with van der Waals surface area (Å²) in [6.07, 6.45) is 4.43. The fourth-order valence-corrected chi connectivity index (χ4v) is 5.38. The van der Waals surface area contributed by atoms with Crippen LogP contribution < -0.4 is 11.1 Å². The first kappa shape index (κ1) is 36.5. The van der Waals surface area contributed by atoms with Gasteiger partial charge in [0.05, 0.1) is 13.2 Å². The van der Waals surface area contributed by atoms with Crippen LogP contribution >= 0.6 is 11.3 Å². The molecule has 3 aromatic carbocycles. The van der Waals surface area contributed by atoms with Crippen LogP contribution in [-0.4, -0.2) is 54.0 Å². The average Bonchev–Trinajstić information content (AvgIpc) is 3.58. The highest BCUT2D eigenvalue weighted by atomic mass is 32.1. The highest BCUT2D eigenvalue weighted by molar-refractivity contribution is 7.13. The number of thiazole rings is 1. The Bertz CT molecular complexity index is 1490. The third-order valence-electron chi connectivity index (χ3n) is 6.93. The zero-order valence-electron chi connectivity index (χ0n) is 27.0. The van der Waals surface area contributed by atoms with Crippen LogP contribution in [0, 0.1) is 18.6 Å². The summed E-state index contributed by atoms with van der Waals surface area (Å²) in [7, 11) is 0. The number of carbonyl (C=O) groups is 2. The first-order chi connectivity index (χ1) is 22.1. The second-order valence-electron chi connectivity index (χ2n) is 11.0. The molecule has 0 spiro atoms. The summed E-state index contributed by atoms with van der Waals surface area (Å²) in [5, 5.41) is 5.54. The van der Waals surface area contributed by atoms with Gasteiger partial charge in [-0.15, -0.1) is 11.3 Å². The van der Waals surface area contributed by atoms with Gasteiger partial charge >= 0.3 is 0 Å². The van der Waals surface area contributed by atoms with Crippen LogP contribution in [0.25, 0.3) is 10.6 Å². The number of aryl methyl sites for hydroxylation is 2. The fourth-order valence-electron chi connectivity index (χ4n) is 4.75. The van der Waals surface area contributed by atoms with E-state index in [-0.39, 0.29) is 24.4 Å². The van der Waals surface area contributed by atoms with Gasteiger partial charge in [-0.2, -0.15) is 0 Å². The molecular weight excluding hydrogens is 606 g/mol. The van der Waals surface area contributed by atoms with E-state index in [0.717, 1.165) is 41.5 Å². The molecule has 7 nitrogen and oxygen atoms in total. The SMILES string of the molecule is CCCN(CCC)C(=O)c1cc(C(=O)NCC(N)COCc2cccc(CC)c2)cc(-c2nccs2)c1.Cc1cc(F)cc(F)c1. The van der Waals surface area contributed by atoms with Crippen LogP contribution in [0.15, 0.2) is 72.2 Å². The molecule has 1 heterocycles. The molecule has 0 radical (unpaired) electrons. The molecule has 0 fully saturated rings. The molecule has 0 aliphatic rings. The van der Waals surface area contributed by atoms with Gasteiger partial charge in [0.25, 0.3) is 11.8 Å². The Hall–Kier alpha value is -3.99. The van der Waals surface area contributed by atoms with Crippen molar-refractivity contribution in [3.63, 3.8) is 0 Å². The van der Waals surface area contributed by atoms with E-state index < -0.39 is 11.6 Å². The maximum absolute atomic E-state index is 13.3. The van der Waals surface area contributed by atoms with E-state index in [1.165, 1.54) is 29.0 Å². The standard InChI is InChI=1S/C29H38N4O3S.C7H6F2/c1-4-11-33(12-5-2)29(35)25-16-23(15-24(17-25)28-31-10-13-37-28)27(34)32-18-26(30)20-36-19-22-9-7-8-21(6-3)14-22;1-5-2-6(8)4-7(9)3-5/h7-10,13-17,26H,4-6,11-12,18-20,30H2,1-3H3,(H,32,34);2-4H,1H3. The molecule has 10 heteroatoms. The summed E-state index contributed by atoms with van der Waals surface area (Å²) in [5.74, 6) is -1.40. The molecule has 0 saturated heterocycles. The summed E-state index contributed by atoms with van der Waals surface area (Å²) >= 11 is 1.47. The van der Waals surface area contributed by atoms with Crippen molar-refractivity contribution in [3.8, 4) is 10.6 Å². The van der Waals surface area contributed by atoms with Crippen molar-refractivity contribution in [3.05, 3.63) is 112 Å². The maximum Gasteiger partial charge on any atom is 0.253 e. The summed E-state index contributed by atoms with van der Waals surface area (Å²) in [6.45, 7) is 10.3. The lowest BCUT2D eigenvalue weighted by molar-refractivity contribution is 0.0755. The molecule has 0 saturated carbocycles. The Labute approximate surface area is 274 Å². The molecule has 1 unspecified atom stereocenters. The van der Waals surface area contributed by atoms with Crippen molar-refractivity contribution in [1.29, 1.82) is 0 Å². The Balaban J connectivity index is 0.000000549. The minimum atomic E-state index is -0.521. The summed E-state index contributed by atoms with van der Waals surface area (Å²) in [4.78, 5) is 32.6. The number of nitrogens with one attached hydrogen (secondary N) is 1. The highest BCUT2D eigenvalue weighted by Crippen LogP contribution is 2.25. The highest BCUT2D eigenvalue weighted by Gasteiger charge is 2.19. The van der Waals surface area contributed by atoms with Crippen LogP contribution in [0.5, 0.6) is 0 Å². The van der Waals surface area contributed by atoms with Crippen molar-refractivity contribution < 1.29 is 23.1 Å². The zero-order chi connectivity index (χ0) is 33.5. The van der Waals surface area contributed by atoms with E-state index in [1.807, 2.05) is 28.5 Å². The molecule has 0 bridgehead atoms. The molecule has 0 aliphatic carbocycles. The normalized spacial score (nSPS) is 11.4. The van der Waals surface area contributed by atoms with Gasteiger partial charge in [0.2, 0.25) is 0 Å². The van der Waals surface area contributed by atoms with Gasteiger partial charge in [0.15, 0.2) is 0 Å². The van der Waals surface area contributed by atoms with E-state index >= 15 is 0 Å². The topological polar surface area (TPSA) is 97.6 Å². The number of ether oxygens (including phenoxy) is 1. The van der Waals surface area contributed by atoms with E-state index in [0.29, 0.717) is 43.0 Å². The van der Waals surface area contributed by atoms with E-state index in [9.17, 15) is 18.4 Å². The zero-order valence-corrected chi connectivity index (χ0v) is 27.8. The second-order valence-corrected chi connectivity index (χ2v) is 11.9. The van der Waals surface area contributed by atoms with Crippen molar-refractivity contribution in [2.24, 2.45) is 5.73 Å². The summed E-state index contributed by atoms with van der Waals surface area (Å²) < 4.78 is 30.2. The van der Waals surface area contributed by atoms with Gasteiger partial charge in [0.1, 0.15) is 16.6 Å². The number of rotatable bonds is 14. The lowest BCUT2D eigenvalue weighted by atomic mass is 10.0. The average molecular weight is 651 g/mol. The van der Waals surface area contributed by atoms with Crippen LogP contribution in [-0.2, 0) is 17.8 Å². The van der Waals surface area contributed by atoms with Crippen LogP contribution in [0.1, 0.15) is 71.0 Å². The molecule has 2 amide bonds. The monoisotopic (exact) mass is 650 g/mol. The Morgan fingerprint density at radius 1 is 0.957 bits per heavy atom. The lowest BCUT2D eigenvalue weighted by Crippen LogP contribution is -2.40. The molecular formula is C36H44F2N4O3S. The predicted octanol–water partition coefficient (Wildman–Crippen LogP) is 7.18. The van der Waals surface area contributed by atoms with E-state index in [1.54, 1.807) is 25.3 Å². The van der Waals surface area contributed by atoms with Crippen LogP contribution in [0.3, 0.4) is 0 Å². The van der Waals surface area contributed by atoms with Gasteiger partial charge in [0, 0.05) is 60.0 Å². The maximum atomic E-state index is 13.3. The number of benzene rings is 3. The molecule has 246 valence electrons. The third-order valence-corrected chi connectivity index (χ3v) is 7.75. The Morgan fingerprint density at radius 2 is 1.63 bits per heavy atom. The second kappa shape index (κ2) is 18.9. The number of nitrogens with zero attached hydrogens (tertiary/aromatic N) is 2. The van der Waals surface area contributed by atoms with Crippen molar-refractivity contribution in [2.45, 2.75) is 59.6 Å². The molecule has 1 aromatic heterocycles. The number of aromatic nitrogens is 1. The predicted molar refractivity (Wildman–Crippen MR) is 181 cm³/mol. The van der Waals surface area contributed by atoms with Gasteiger partial charge in [-0.25, -0.2) is 13.8 Å². The van der Waals surface area contributed by atoms with E-state index in [4.69, 9.17) is 10.5 Å². The van der Waals surface area contributed by atoms with Gasteiger partial charge in [-0.05, 0) is 73.2 Å². The lowest BCUT2D eigenvalue weighted by Gasteiger charge is -2.22. The molecule has 46 heavy (non-hydrogen) atoms. The van der Waals surface area contributed by atoms with Gasteiger partial charge in [-0.3, -0.25) is 9.59 Å². The quantitative estimate of drug-likeness (QED) is 0.151. The number of halogens is 2. The molecule has 4 aromatic rings. The minimum Gasteiger partial charge on any atom is -0.375 e. The van der Waals surface area contributed by atoms with Gasteiger partial charge in [-0.1, -0.05) is 45.0 Å². The molecule has 1 atom stereocenters. The van der Waals surface area contributed by atoms with Crippen LogP contribution in [0.4, 0.5) is 8.78 Å². The number of carbonyl (C=O) groups excluding carboxylic acids is 2. The number of amides is 2. The van der Waals surface area contributed by atoms with Crippen molar-refractivity contribution >= 4 is 23.2 Å². The minimum absolute atomic E-state index is 0.0756. The molecule has 4 rings (SSSR count). The molecule has 0 aliphatic heterocycles. The largest absolute Gasteiger partial charge is 0.375 e. The van der Waals surface area contributed by atoms with Crippen LogP contribution in [0.2, 0.25) is 0 Å². The van der Waals surface area contributed by atoms with Gasteiger partial charge < -0.3 is 20.7 Å². The first-order valence-electron chi connectivity index (χ1n) is 15.6. The third kappa shape index (κ3) is 11.7. The summed E-state index contributed by atoms with van der Waals surface area (Å²) in [6, 6.07) is 16.6. The first-order valence-corrected chi connectivity index (χ1v) is 16.5. The van der Waals surface area contributed by atoms with E-state index in [2.05, 4.69) is 43.2 Å². The Kier molecular flexibility index (Phi) is 15.0. The molecule has 3 N–H and O–H groups in total. The van der Waals surface area contributed by atoms with Crippen molar-refractivity contribution in [1.82, 2.24) is 15.2 Å². The Morgan fingerprint density at radius 3 is 2.24 bits per heavy atom. The van der Waals surface area contributed by atoms with Crippen molar-refractivity contribution in [2.75, 3.05) is 26.2 Å². The smallest absolute Gasteiger partial charge is 0.253 e. The number of hydrogen-bond acceptors (Lipinski definition) is 6. The number of nitrogens with two attached hydrogens (primary N) is 1. The fraction of sp³-hybridized carbons (Fsp3) is 0.361. The summed E-state index contributed by atoms with van der Waals surface area (Å²) in [5.41, 5.74) is 10.8.